The second-order valence-corrected chi connectivity index (χ2v) is 6.10. The van der Waals surface area contributed by atoms with Crippen LogP contribution in [0.2, 0.25) is 0 Å². The molecule has 0 saturated heterocycles. The summed E-state index contributed by atoms with van der Waals surface area (Å²) in [4.78, 5) is 16.9. The predicted molar refractivity (Wildman–Crippen MR) is 103 cm³/mol. The molecule has 6 heteroatoms. The summed E-state index contributed by atoms with van der Waals surface area (Å²) < 4.78 is 6.22. The van der Waals surface area contributed by atoms with Crippen molar-refractivity contribution in [1.82, 2.24) is 4.98 Å². The average Bonchev–Trinajstić information content (AvgIpc) is 2.62. The number of amides is 1. The number of carbonyl (C=O) groups is 1. The normalized spacial score (nSPS) is 10.2. The van der Waals surface area contributed by atoms with Gasteiger partial charge in [0, 0.05) is 16.4 Å². The molecule has 1 heterocycles. The lowest BCUT2D eigenvalue weighted by molar-refractivity contribution is 0.102. The molecule has 5 nitrogen and oxygen atoms in total. The van der Waals surface area contributed by atoms with Gasteiger partial charge < -0.3 is 15.4 Å². The molecule has 126 valence electrons. The number of aromatic nitrogens is 1. The van der Waals surface area contributed by atoms with Crippen LogP contribution in [-0.2, 0) is 0 Å². The number of anilines is 3. The van der Waals surface area contributed by atoms with Gasteiger partial charge in [-0.3, -0.25) is 4.79 Å². The standard InChI is InChI=1S/C19H16BrN3O2/c1-25-17-10-3-2-9-16(17)23-18-15(8-5-11-21-18)19(24)22-14-7-4-6-13(20)12-14/h2-12H,1H3,(H,21,23)(H,22,24). The van der Waals surface area contributed by atoms with Gasteiger partial charge in [0.2, 0.25) is 0 Å². The van der Waals surface area contributed by atoms with Gasteiger partial charge in [-0.25, -0.2) is 4.98 Å². The fourth-order valence-corrected chi connectivity index (χ4v) is 2.73. The van der Waals surface area contributed by atoms with Crippen molar-refractivity contribution in [2.45, 2.75) is 0 Å². The number of methoxy groups -OCH3 is 1. The molecule has 2 aromatic carbocycles. The fraction of sp³-hybridized carbons (Fsp3) is 0.0526. The van der Waals surface area contributed by atoms with Gasteiger partial charge >= 0.3 is 0 Å². The van der Waals surface area contributed by atoms with Crippen LogP contribution in [0, 0.1) is 0 Å². The van der Waals surface area contributed by atoms with Gasteiger partial charge in [-0.1, -0.05) is 34.1 Å². The molecule has 0 aliphatic heterocycles. The molecule has 0 spiro atoms. The molecular weight excluding hydrogens is 382 g/mol. The summed E-state index contributed by atoms with van der Waals surface area (Å²) >= 11 is 3.39. The van der Waals surface area contributed by atoms with Gasteiger partial charge in [0.05, 0.1) is 18.4 Å². The van der Waals surface area contributed by atoms with Crippen LogP contribution in [0.5, 0.6) is 5.75 Å². The van der Waals surface area contributed by atoms with E-state index in [1.54, 1.807) is 25.4 Å². The molecule has 0 bridgehead atoms. The Morgan fingerprint density at radius 3 is 2.72 bits per heavy atom. The maximum Gasteiger partial charge on any atom is 0.259 e. The molecule has 1 aromatic heterocycles. The first-order valence-corrected chi connectivity index (χ1v) is 8.38. The van der Waals surface area contributed by atoms with Crippen LogP contribution in [0.4, 0.5) is 17.2 Å². The third kappa shape index (κ3) is 4.16. The van der Waals surface area contributed by atoms with Crippen LogP contribution in [-0.4, -0.2) is 18.0 Å². The summed E-state index contributed by atoms with van der Waals surface area (Å²) in [5, 5.41) is 6.04. The maximum absolute atomic E-state index is 12.7. The molecule has 0 aliphatic rings. The van der Waals surface area contributed by atoms with Gasteiger partial charge in [-0.15, -0.1) is 0 Å². The summed E-state index contributed by atoms with van der Waals surface area (Å²) in [6.45, 7) is 0. The van der Waals surface area contributed by atoms with Crippen molar-refractivity contribution in [2.24, 2.45) is 0 Å². The monoisotopic (exact) mass is 397 g/mol. The number of para-hydroxylation sites is 2. The number of carbonyl (C=O) groups excluding carboxylic acids is 1. The van der Waals surface area contributed by atoms with Gasteiger partial charge in [0.1, 0.15) is 11.6 Å². The Kier molecular flexibility index (Phi) is 5.30. The molecule has 0 aliphatic carbocycles. The Morgan fingerprint density at radius 2 is 1.92 bits per heavy atom. The van der Waals surface area contributed by atoms with Crippen LogP contribution in [0.25, 0.3) is 0 Å². The van der Waals surface area contributed by atoms with E-state index in [0.29, 0.717) is 22.8 Å². The Hall–Kier alpha value is -2.86. The van der Waals surface area contributed by atoms with E-state index in [2.05, 4.69) is 31.5 Å². The topological polar surface area (TPSA) is 63.2 Å². The van der Waals surface area contributed by atoms with E-state index in [0.717, 1.165) is 10.2 Å². The number of benzene rings is 2. The van der Waals surface area contributed by atoms with E-state index in [-0.39, 0.29) is 5.91 Å². The Labute approximate surface area is 154 Å². The summed E-state index contributed by atoms with van der Waals surface area (Å²) in [5.41, 5.74) is 1.88. The Bertz CT molecular complexity index is 899. The SMILES string of the molecule is COc1ccccc1Nc1ncccc1C(=O)Nc1cccc(Br)c1. The minimum Gasteiger partial charge on any atom is -0.495 e. The van der Waals surface area contributed by atoms with Crippen LogP contribution in [0.15, 0.2) is 71.3 Å². The zero-order valence-corrected chi connectivity index (χ0v) is 15.1. The minimum atomic E-state index is -0.247. The van der Waals surface area contributed by atoms with Gasteiger partial charge in [-0.05, 0) is 42.5 Å². The van der Waals surface area contributed by atoms with Crippen molar-refractivity contribution < 1.29 is 9.53 Å². The second kappa shape index (κ2) is 7.81. The van der Waals surface area contributed by atoms with Crippen molar-refractivity contribution >= 4 is 39.0 Å². The number of pyridine rings is 1. The highest BCUT2D eigenvalue weighted by molar-refractivity contribution is 9.10. The van der Waals surface area contributed by atoms with E-state index >= 15 is 0 Å². The molecule has 25 heavy (non-hydrogen) atoms. The highest BCUT2D eigenvalue weighted by Gasteiger charge is 2.14. The summed E-state index contributed by atoms with van der Waals surface area (Å²) in [6.07, 6.45) is 1.63. The highest BCUT2D eigenvalue weighted by atomic mass is 79.9. The third-order valence-corrected chi connectivity index (χ3v) is 3.99. The first-order chi connectivity index (χ1) is 12.2. The number of hydrogen-bond donors (Lipinski definition) is 2. The van der Waals surface area contributed by atoms with E-state index in [1.165, 1.54) is 0 Å². The first-order valence-electron chi connectivity index (χ1n) is 7.59. The zero-order valence-electron chi connectivity index (χ0n) is 13.5. The molecule has 1 amide bonds. The van der Waals surface area contributed by atoms with E-state index in [9.17, 15) is 4.79 Å². The molecule has 0 unspecified atom stereocenters. The molecule has 0 atom stereocenters. The number of nitrogens with one attached hydrogen (secondary N) is 2. The van der Waals surface area contributed by atoms with Crippen LogP contribution in [0.3, 0.4) is 0 Å². The third-order valence-electron chi connectivity index (χ3n) is 3.49. The summed E-state index contributed by atoms with van der Waals surface area (Å²) in [6, 6.07) is 18.3. The van der Waals surface area contributed by atoms with Gasteiger partial charge in [0.25, 0.3) is 5.91 Å². The van der Waals surface area contributed by atoms with E-state index in [1.807, 2.05) is 48.5 Å². The highest BCUT2D eigenvalue weighted by Crippen LogP contribution is 2.28. The second-order valence-electron chi connectivity index (χ2n) is 5.19. The number of hydrogen-bond acceptors (Lipinski definition) is 4. The van der Waals surface area contributed by atoms with Crippen molar-refractivity contribution in [3.05, 3.63) is 76.9 Å². The predicted octanol–water partition coefficient (Wildman–Crippen LogP) is 4.85. The smallest absolute Gasteiger partial charge is 0.259 e. The van der Waals surface area contributed by atoms with Crippen molar-refractivity contribution in [1.29, 1.82) is 0 Å². The largest absolute Gasteiger partial charge is 0.495 e. The molecule has 3 rings (SSSR count). The van der Waals surface area contributed by atoms with Crippen molar-refractivity contribution in [3.8, 4) is 5.75 Å². The van der Waals surface area contributed by atoms with Crippen LogP contribution >= 0.6 is 15.9 Å². The number of ether oxygens (including phenoxy) is 1. The van der Waals surface area contributed by atoms with Crippen LogP contribution in [0.1, 0.15) is 10.4 Å². The summed E-state index contributed by atoms with van der Waals surface area (Å²) in [5.74, 6) is 0.884. The Balaban J connectivity index is 1.86. The molecular formula is C19H16BrN3O2. The van der Waals surface area contributed by atoms with Gasteiger partial charge in [0.15, 0.2) is 0 Å². The lowest BCUT2D eigenvalue weighted by atomic mass is 10.2. The van der Waals surface area contributed by atoms with E-state index < -0.39 is 0 Å². The number of nitrogens with zero attached hydrogens (tertiary/aromatic N) is 1. The summed E-state index contributed by atoms with van der Waals surface area (Å²) in [7, 11) is 1.60. The average molecular weight is 398 g/mol. The molecule has 0 fully saturated rings. The zero-order chi connectivity index (χ0) is 17.6. The maximum atomic E-state index is 12.7. The molecule has 0 radical (unpaired) electrons. The molecule has 0 saturated carbocycles. The lowest BCUT2D eigenvalue weighted by Crippen LogP contribution is -2.14. The lowest BCUT2D eigenvalue weighted by Gasteiger charge is -2.13. The Morgan fingerprint density at radius 1 is 1.08 bits per heavy atom. The molecule has 3 aromatic rings. The van der Waals surface area contributed by atoms with Crippen LogP contribution < -0.4 is 15.4 Å². The first kappa shape index (κ1) is 17.0. The van der Waals surface area contributed by atoms with Crippen molar-refractivity contribution in [3.63, 3.8) is 0 Å². The van der Waals surface area contributed by atoms with Crippen molar-refractivity contribution in [2.75, 3.05) is 17.7 Å². The van der Waals surface area contributed by atoms with E-state index in [4.69, 9.17) is 4.74 Å². The molecule has 2 N–H and O–H groups in total. The number of halogens is 1. The number of rotatable bonds is 5. The minimum absolute atomic E-state index is 0.247. The van der Waals surface area contributed by atoms with Gasteiger partial charge in [-0.2, -0.15) is 0 Å². The quantitative estimate of drug-likeness (QED) is 0.645. The fourth-order valence-electron chi connectivity index (χ4n) is 2.33.